The third-order valence-corrected chi connectivity index (χ3v) is 7.93. The average Bonchev–Trinajstić information content (AvgIpc) is 2.97. The van der Waals surface area contributed by atoms with Crippen LogP contribution in [0.2, 0.25) is 0 Å². The van der Waals surface area contributed by atoms with Crippen molar-refractivity contribution in [1.82, 2.24) is 9.80 Å². The Kier molecular flexibility index (Phi) is 9.36. The van der Waals surface area contributed by atoms with Gasteiger partial charge in [0.2, 0.25) is 0 Å². The van der Waals surface area contributed by atoms with E-state index in [1.54, 1.807) is 6.92 Å². The van der Waals surface area contributed by atoms with Crippen LogP contribution in [-0.2, 0) is 4.74 Å². The fourth-order valence-electron chi connectivity index (χ4n) is 5.52. The molecule has 2 aliphatic heterocycles. The lowest BCUT2D eigenvalue weighted by atomic mass is 9.93. The monoisotopic (exact) mass is 515 g/mol. The molecule has 2 fully saturated rings. The van der Waals surface area contributed by atoms with Crippen molar-refractivity contribution in [2.24, 2.45) is 16.1 Å². The van der Waals surface area contributed by atoms with Crippen LogP contribution in [0.15, 0.2) is 70.9 Å². The van der Waals surface area contributed by atoms with Crippen molar-refractivity contribution in [1.29, 1.82) is 0 Å². The normalized spacial score (nSPS) is 18.8. The Morgan fingerprint density at radius 2 is 1.66 bits per heavy atom. The number of morpholine rings is 1. The summed E-state index contributed by atoms with van der Waals surface area (Å²) >= 11 is 0. The van der Waals surface area contributed by atoms with E-state index < -0.39 is 6.10 Å². The molecule has 2 aliphatic rings. The number of hydrogen-bond acceptors (Lipinski definition) is 7. The molecule has 0 radical (unpaired) electrons. The number of hydrogen-bond donors (Lipinski definition) is 2. The molecule has 0 aromatic heterocycles. The van der Waals surface area contributed by atoms with E-state index in [9.17, 15) is 5.11 Å². The number of nitrogens with one attached hydrogen (secondary N) is 1. The third-order valence-electron chi connectivity index (χ3n) is 7.93. The van der Waals surface area contributed by atoms with Gasteiger partial charge in [-0.25, -0.2) is 0 Å². The maximum atomic E-state index is 9.85. The van der Waals surface area contributed by atoms with Crippen molar-refractivity contribution in [2.75, 3.05) is 64.3 Å². The van der Waals surface area contributed by atoms with Crippen molar-refractivity contribution < 1.29 is 9.84 Å². The molecule has 3 aromatic rings. The van der Waals surface area contributed by atoms with Gasteiger partial charge in [0.1, 0.15) is 0 Å². The predicted octanol–water partition coefficient (Wildman–Crippen LogP) is 6.15. The standard InChI is InChI=1S/C31H41N5O2/c1-24(37)26-5-4-6-27(23-26)33-34-31-10-9-30(28-7-2-3-8-29(28)31)32-14-18-35-15-11-25(12-16-35)13-17-36-19-21-38-22-20-36/h2-10,23-25,32,37H,11-22H2,1H3/t24-/m1/s1. The summed E-state index contributed by atoms with van der Waals surface area (Å²) in [6, 6.07) is 20.1. The van der Waals surface area contributed by atoms with Gasteiger partial charge in [0.25, 0.3) is 0 Å². The SMILES string of the molecule is C[C@@H](O)c1cccc(N=Nc2ccc(NCCN3CCC(CCN4CCOCC4)CC3)c3ccccc23)c1. The summed E-state index contributed by atoms with van der Waals surface area (Å²) in [5.74, 6) is 0.863. The molecule has 2 N–H and O–H groups in total. The first kappa shape index (κ1) is 26.8. The van der Waals surface area contributed by atoms with Gasteiger partial charge in [-0.15, -0.1) is 5.11 Å². The number of aliphatic hydroxyl groups is 1. The second-order valence-electron chi connectivity index (χ2n) is 10.6. The molecule has 0 aliphatic carbocycles. The lowest BCUT2D eigenvalue weighted by Crippen LogP contribution is -2.40. The highest BCUT2D eigenvalue weighted by Crippen LogP contribution is 2.33. The molecule has 0 bridgehead atoms. The molecule has 0 spiro atoms. The van der Waals surface area contributed by atoms with Crippen molar-refractivity contribution >= 4 is 27.8 Å². The summed E-state index contributed by atoms with van der Waals surface area (Å²) in [5.41, 5.74) is 3.55. The van der Waals surface area contributed by atoms with Crippen LogP contribution in [0.5, 0.6) is 0 Å². The molecule has 2 saturated heterocycles. The van der Waals surface area contributed by atoms with E-state index in [0.29, 0.717) is 0 Å². The molecule has 5 rings (SSSR count). The van der Waals surface area contributed by atoms with Crippen LogP contribution >= 0.6 is 0 Å². The summed E-state index contributed by atoms with van der Waals surface area (Å²) in [5, 5.41) is 24.8. The third kappa shape index (κ3) is 7.17. The minimum atomic E-state index is -0.525. The second kappa shape index (κ2) is 13.3. The van der Waals surface area contributed by atoms with Crippen molar-refractivity contribution in [3.63, 3.8) is 0 Å². The van der Waals surface area contributed by atoms with Crippen molar-refractivity contribution in [2.45, 2.75) is 32.3 Å². The van der Waals surface area contributed by atoms with Gasteiger partial charge in [-0.3, -0.25) is 4.90 Å². The van der Waals surface area contributed by atoms with E-state index in [2.05, 4.69) is 49.6 Å². The highest BCUT2D eigenvalue weighted by molar-refractivity contribution is 6.00. The number of ether oxygens (including phenoxy) is 1. The van der Waals surface area contributed by atoms with Crippen molar-refractivity contribution in [3.8, 4) is 0 Å². The number of likely N-dealkylation sites (tertiary alicyclic amines) is 1. The fraction of sp³-hybridized carbons (Fsp3) is 0.484. The summed E-state index contributed by atoms with van der Waals surface area (Å²) in [4.78, 5) is 5.16. The minimum Gasteiger partial charge on any atom is -0.389 e. The van der Waals surface area contributed by atoms with Gasteiger partial charge in [-0.05, 0) is 81.6 Å². The molecule has 38 heavy (non-hydrogen) atoms. The van der Waals surface area contributed by atoms with Crippen molar-refractivity contribution in [3.05, 3.63) is 66.2 Å². The predicted molar refractivity (Wildman–Crippen MR) is 155 cm³/mol. The number of benzene rings is 3. The van der Waals surface area contributed by atoms with Gasteiger partial charge in [-0.1, -0.05) is 36.4 Å². The quantitative estimate of drug-likeness (QED) is 0.317. The van der Waals surface area contributed by atoms with Gasteiger partial charge < -0.3 is 20.1 Å². The fourth-order valence-corrected chi connectivity index (χ4v) is 5.52. The molecule has 1 atom stereocenters. The van der Waals surface area contributed by atoms with E-state index in [4.69, 9.17) is 4.74 Å². The smallest absolute Gasteiger partial charge is 0.0936 e. The van der Waals surface area contributed by atoms with Crippen LogP contribution in [-0.4, -0.2) is 73.9 Å². The summed E-state index contributed by atoms with van der Waals surface area (Å²) in [7, 11) is 0. The van der Waals surface area contributed by atoms with Crippen LogP contribution in [0.4, 0.5) is 17.1 Å². The van der Waals surface area contributed by atoms with Gasteiger partial charge in [-0.2, -0.15) is 5.11 Å². The number of fused-ring (bicyclic) bond motifs is 1. The highest BCUT2D eigenvalue weighted by Gasteiger charge is 2.20. The second-order valence-corrected chi connectivity index (χ2v) is 10.6. The van der Waals surface area contributed by atoms with Gasteiger partial charge in [0.05, 0.1) is 30.7 Å². The largest absolute Gasteiger partial charge is 0.389 e. The van der Waals surface area contributed by atoms with E-state index in [-0.39, 0.29) is 0 Å². The Morgan fingerprint density at radius 1 is 0.895 bits per heavy atom. The zero-order chi connectivity index (χ0) is 26.2. The van der Waals surface area contributed by atoms with E-state index in [1.165, 1.54) is 38.9 Å². The Hall–Kier alpha value is -2.84. The van der Waals surface area contributed by atoms with Gasteiger partial charge >= 0.3 is 0 Å². The molecule has 202 valence electrons. The van der Waals surface area contributed by atoms with E-state index in [1.807, 2.05) is 36.4 Å². The van der Waals surface area contributed by atoms with Crippen LogP contribution in [0.25, 0.3) is 10.8 Å². The Morgan fingerprint density at radius 3 is 2.45 bits per heavy atom. The molecule has 2 heterocycles. The van der Waals surface area contributed by atoms with Crippen LogP contribution in [0.1, 0.15) is 37.9 Å². The van der Waals surface area contributed by atoms with E-state index >= 15 is 0 Å². The Bertz CT molecular complexity index is 1200. The average molecular weight is 516 g/mol. The lowest BCUT2D eigenvalue weighted by Gasteiger charge is -2.34. The maximum Gasteiger partial charge on any atom is 0.0936 e. The van der Waals surface area contributed by atoms with Gasteiger partial charge in [0, 0.05) is 42.6 Å². The number of rotatable bonds is 10. The number of nitrogens with zero attached hydrogens (tertiary/aromatic N) is 4. The number of aliphatic hydroxyl groups excluding tert-OH is 1. The van der Waals surface area contributed by atoms with E-state index in [0.717, 1.165) is 78.7 Å². The van der Waals surface area contributed by atoms with Crippen LogP contribution in [0.3, 0.4) is 0 Å². The molecular weight excluding hydrogens is 474 g/mol. The molecular formula is C31H41N5O2. The zero-order valence-electron chi connectivity index (χ0n) is 22.6. The molecule has 0 amide bonds. The van der Waals surface area contributed by atoms with Crippen LogP contribution < -0.4 is 5.32 Å². The zero-order valence-corrected chi connectivity index (χ0v) is 22.6. The highest BCUT2D eigenvalue weighted by atomic mass is 16.5. The summed E-state index contributed by atoms with van der Waals surface area (Å²) in [6.45, 7) is 11.4. The Labute approximate surface area is 226 Å². The summed E-state index contributed by atoms with van der Waals surface area (Å²) in [6.07, 6.45) is 3.43. The van der Waals surface area contributed by atoms with Crippen LogP contribution in [0, 0.1) is 5.92 Å². The topological polar surface area (TPSA) is 72.7 Å². The molecule has 3 aromatic carbocycles. The number of anilines is 1. The number of piperidine rings is 1. The minimum absolute atomic E-state index is 0.525. The number of azo groups is 1. The maximum absolute atomic E-state index is 9.85. The first-order valence-corrected chi connectivity index (χ1v) is 14.1. The van der Waals surface area contributed by atoms with Gasteiger partial charge in [0.15, 0.2) is 0 Å². The first-order valence-electron chi connectivity index (χ1n) is 14.1. The molecule has 7 heteroatoms. The summed E-state index contributed by atoms with van der Waals surface area (Å²) < 4.78 is 5.47. The molecule has 0 saturated carbocycles. The Balaban J connectivity index is 1.13. The molecule has 7 nitrogen and oxygen atoms in total. The molecule has 0 unspecified atom stereocenters. The lowest BCUT2D eigenvalue weighted by molar-refractivity contribution is 0.0336. The first-order chi connectivity index (χ1) is 18.7.